The monoisotopic (exact) mass is 296 g/mol. The molecule has 3 aromatic rings. The Kier molecular flexibility index (Phi) is 4.41. The van der Waals surface area contributed by atoms with Gasteiger partial charge in [-0.1, -0.05) is 31.2 Å². The maximum absolute atomic E-state index is 3.59. The minimum Gasteiger partial charge on any atom is -0.379 e. The van der Waals surface area contributed by atoms with E-state index in [0.29, 0.717) is 0 Å². The fraction of sp³-hybridized carbons (Fsp3) is 0.222. The molecule has 0 aliphatic carbocycles. The highest BCUT2D eigenvalue weighted by Gasteiger charge is 2.06. The second-order valence-corrected chi connectivity index (χ2v) is 6.02. The Balaban J connectivity index is 1.78. The first-order chi connectivity index (χ1) is 10.4. The van der Waals surface area contributed by atoms with E-state index in [2.05, 4.69) is 76.9 Å². The van der Waals surface area contributed by atoms with Gasteiger partial charge in [0, 0.05) is 34.6 Å². The molecule has 1 aromatic carbocycles. The molecule has 0 unspecified atom stereocenters. The van der Waals surface area contributed by atoms with Gasteiger partial charge in [0.2, 0.25) is 0 Å². The van der Waals surface area contributed by atoms with Crippen molar-refractivity contribution in [2.75, 3.05) is 5.32 Å². The normalized spacial score (nSPS) is 10.7. The minimum absolute atomic E-state index is 0.857. The van der Waals surface area contributed by atoms with Crippen molar-refractivity contribution in [1.82, 2.24) is 4.57 Å². The molecule has 0 radical (unpaired) electrons. The molecule has 0 saturated heterocycles. The Morgan fingerprint density at radius 1 is 1.05 bits per heavy atom. The number of thiophene rings is 1. The van der Waals surface area contributed by atoms with Crippen LogP contribution in [0.1, 0.15) is 19.0 Å². The van der Waals surface area contributed by atoms with Crippen molar-refractivity contribution in [1.29, 1.82) is 0 Å². The lowest BCUT2D eigenvalue weighted by molar-refractivity contribution is 0.654. The maximum Gasteiger partial charge on any atom is 0.0553 e. The van der Waals surface area contributed by atoms with Gasteiger partial charge < -0.3 is 9.88 Å². The van der Waals surface area contributed by atoms with Crippen LogP contribution in [0.3, 0.4) is 0 Å². The predicted molar refractivity (Wildman–Crippen MR) is 91.8 cm³/mol. The number of para-hydroxylation sites is 1. The van der Waals surface area contributed by atoms with E-state index in [0.717, 1.165) is 19.5 Å². The second-order valence-electron chi connectivity index (χ2n) is 5.07. The van der Waals surface area contributed by atoms with E-state index in [9.17, 15) is 0 Å². The van der Waals surface area contributed by atoms with Crippen LogP contribution in [0, 0.1) is 0 Å². The van der Waals surface area contributed by atoms with E-state index < -0.39 is 0 Å². The molecule has 21 heavy (non-hydrogen) atoms. The number of nitrogens with zero attached hydrogens (tertiary/aromatic N) is 1. The number of nitrogens with one attached hydrogen (secondary N) is 1. The summed E-state index contributed by atoms with van der Waals surface area (Å²) in [6.07, 6.45) is 3.32. The van der Waals surface area contributed by atoms with Gasteiger partial charge in [-0.2, -0.15) is 0 Å². The molecule has 3 rings (SSSR count). The summed E-state index contributed by atoms with van der Waals surface area (Å²) in [5.41, 5.74) is 3.81. The summed E-state index contributed by atoms with van der Waals surface area (Å²) in [7, 11) is 0. The van der Waals surface area contributed by atoms with Gasteiger partial charge in [-0.3, -0.25) is 0 Å². The Labute approximate surface area is 130 Å². The number of aryl methyl sites for hydroxylation is 1. The van der Waals surface area contributed by atoms with Crippen LogP contribution in [0.5, 0.6) is 0 Å². The molecule has 2 heterocycles. The number of rotatable bonds is 6. The molecule has 0 atom stereocenters. The van der Waals surface area contributed by atoms with Crippen molar-refractivity contribution in [3.05, 3.63) is 65.8 Å². The molecule has 108 valence electrons. The van der Waals surface area contributed by atoms with Crippen LogP contribution in [-0.4, -0.2) is 4.57 Å². The minimum atomic E-state index is 0.857. The fourth-order valence-electron chi connectivity index (χ4n) is 2.54. The van der Waals surface area contributed by atoms with Crippen LogP contribution in [0.25, 0.3) is 10.4 Å². The largest absolute Gasteiger partial charge is 0.379 e. The zero-order valence-corrected chi connectivity index (χ0v) is 13.1. The summed E-state index contributed by atoms with van der Waals surface area (Å²) >= 11 is 1.78. The number of anilines is 1. The number of aromatic nitrogens is 1. The lowest BCUT2D eigenvalue weighted by Gasteiger charge is -2.13. The van der Waals surface area contributed by atoms with Crippen molar-refractivity contribution in [3.8, 4) is 10.4 Å². The zero-order valence-electron chi connectivity index (χ0n) is 12.3. The molecule has 0 bridgehead atoms. The van der Waals surface area contributed by atoms with Crippen LogP contribution in [0.2, 0.25) is 0 Å². The smallest absolute Gasteiger partial charge is 0.0553 e. The average molecular weight is 296 g/mol. The van der Waals surface area contributed by atoms with Gasteiger partial charge >= 0.3 is 0 Å². The quantitative estimate of drug-likeness (QED) is 0.658. The van der Waals surface area contributed by atoms with Crippen LogP contribution >= 0.6 is 11.3 Å². The summed E-state index contributed by atoms with van der Waals surface area (Å²) in [6, 6.07) is 17.1. The lowest BCUT2D eigenvalue weighted by atomic mass is 10.1. The predicted octanol–water partition coefficient (Wildman–Crippen LogP) is 5.24. The van der Waals surface area contributed by atoms with Gasteiger partial charge in [0.05, 0.1) is 6.54 Å². The topological polar surface area (TPSA) is 17.0 Å². The third-order valence-electron chi connectivity index (χ3n) is 3.56. The first kappa shape index (κ1) is 14.0. The van der Waals surface area contributed by atoms with Gasteiger partial charge in [0.1, 0.15) is 0 Å². The second kappa shape index (κ2) is 6.64. The molecule has 2 aromatic heterocycles. The summed E-state index contributed by atoms with van der Waals surface area (Å²) in [5.74, 6) is 0. The van der Waals surface area contributed by atoms with E-state index in [-0.39, 0.29) is 0 Å². The van der Waals surface area contributed by atoms with Crippen molar-refractivity contribution in [2.24, 2.45) is 0 Å². The van der Waals surface area contributed by atoms with Crippen molar-refractivity contribution >= 4 is 17.0 Å². The van der Waals surface area contributed by atoms with E-state index in [4.69, 9.17) is 0 Å². The lowest BCUT2D eigenvalue weighted by Crippen LogP contribution is -2.07. The Hall–Kier alpha value is -2.00. The fourth-order valence-corrected chi connectivity index (χ4v) is 3.30. The van der Waals surface area contributed by atoms with Gasteiger partial charge in [-0.15, -0.1) is 11.3 Å². The van der Waals surface area contributed by atoms with Gasteiger partial charge in [0.15, 0.2) is 0 Å². The molecule has 0 saturated carbocycles. The highest BCUT2D eigenvalue weighted by atomic mass is 32.1. The van der Waals surface area contributed by atoms with Gasteiger partial charge in [0.25, 0.3) is 0 Å². The van der Waals surface area contributed by atoms with Crippen molar-refractivity contribution < 1.29 is 0 Å². The Morgan fingerprint density at radius 3 is 2.76 bits per heavy atom. The maximum atomic E-state index is 3.59. The number of hydrogen-bond donors (Lipinski definition) is 1. The van der Waals surface area contributed by atoms with Crippen LogP contribution < -0.4 is 5.32 Å². The average Bonchev–Trinajstić information content (AvgIpc) is 3.17. The molecule has 0 aliphatic heterocycles. The van der Waals surface area contributed by atoms with Gasteiger partial charge in [-0.05, 0) is 36.1 Å². The van der Waals surface area contributed by atoms with Crippen LogP contribution in [0.15, 0.2) is 60.1 Å². The summed E-state index contributed by atoms with van der Waals surface area (Å²) < 4.78 is 2.32. The van der Waals surface area contributed by atoms with E-state index in [1.807, 2.05) is 0 Å². The molecular weight excluding hydrogens is 276 g/mol. The standard InChI is InChI=1S/C18H20N2S/c1-2-11-20-12-5-7-15(20)14-19-17-9-4-3-8-16(17)18-10-6-13-21-18/h3-10,12-13,19H,2,11,14H2,1H3. The van der Waals surface area contributed by atoms with E-state index in [1.165, 1.54) is 21.8 Å². The zero-order chi connectivity index (χ0) is 14.5. The highest BCUT2D eigenvalue weighted by molar-refractivity contribution is 7.13. The molecule has 0 amide bonds. The van der Waals surface area contributed by atoms with Crippen LogP contribution in [0.4, 0.5) is 5.69 Å². The molecule has 1 N–H and O–H groups in total. The van der Waals surface area contributed by atoms with Crippen molar-refractivity contribution in [3.63, 3.8) is 0 Å². The SMILES string of the molecule is CCCn1cccc1CNc1ccccc1-c1cccs1. The molecule has 2 nitrogen and oxygen atoms in total. The number of hydrogen-bond acceptors (Lipinski definition) is 2. The Morgan fingerprint density at radius 2 is 1.95 bits per heavy atom. The summed E-state index contributed by atoms with van der Waals surface area (Å²) in [5, 5.41) is 5.71. The molecular formula is C18H20N2S. The first-order valence-corrected chi connectivity index (χ1v) is 8.27. The number of benzene rings is 1. The summed E-state index contributed by atoms with van der Waals surface area (Å²) in [6.45, 7) is 4.15. The highest BCUT2D eigenvalue weighted by Crippen LogP contribution is 2.31. The van der Waals surface area contributed by atoms with Crippen molar-refractivity contribution in [2.45, 2.75) is 26.4 Å². The Bertz CT molecular complexity index is 683. The third kappa shape index (κ3) is 3.19. The van der Waals surface area contributed by atoms with E-state index in [1.54, 1.807) is 11.3 Å². The first-order valence-electron chi connectivity index (χ1n) is 7.39. The third-order valence-corrected chi connectivity index (χ3v) is 4.46. The summed E-state index contributed by atoms with van der Waals surface area (Å²) in [4.78, 5) is 1.31. The molecule has 0 spiro atoms. The molecule has 0 fully saturated rings. The molecule has 3 heteroatoms. The van der Waals surface area contributed by atoms with Gasteiger partial charge in [-0.25, -0.2) is 0 Å². The van der Waals surface area contributed by atoms with E-state index >= 15 is 0 Å². The molecule has 0 aliphatic rings. The van der Waals surface area contributed by atoms with Crippen LogP contribution in [-0.2, 0) is 13.1 Å².